The minimum Gasteiger partial charge on any atom is -0.207 e. The second-order valence-corrected chi connectivity index (χ2v) is 6.34. The summed E-state index contributed by atoms with van der Waals surface area (Å²) in [5.74, 6) is -0.171. The Hall–Kier alpha value is -2.41. The van der Waals surface area contributed by atoms with E-state index >= 15 is 0 Å². The van der Waals surface area contributed by atoms with E-state index in [1.165, 1.54) is 38.2 Å². The van der Waals surface area contributed by atoms with E-state index < -0.39 is 0 Å². The van der Waals surface area contributed by atoms with Gasteiger partial charge >= 0.3 is 0 Å². The number of benzene rings is 4. The van der Waals surface area contributed by atoms with E-state index in [4.69, 9.17) is 0 Å². The quantitative estimate of drug-likeness (QED) is 0.287. The van der Waals surface area contributed by atoms with Crippen LogP contribution in [0.5, 0.6) is 0 Å². The summed E-state index contributed by atoms with van der Waals surface area (Å²) in [6.07, 6.45) is 2.25. The summed E-state index contributed by atoms with van der Waals surface area (Å²) in [6.45, 7) is 2.21. The maximum atomic E-state index is 13.5. The van der Waals surface area contributed by atoms with Crippen LogP contribution >= 0.6 is 0 Å². The lowest BCUT2D eigenvalue weighted by Gasteiger charge is -2.11. The lowest BCUT2D eigenvalue weighted by molar-refractivity contribution is 0.630. The molecule has 0 saturated heterocycles. The van der Waals surface area contributed by atoms with E-state index in [2.05, 4.69) is 37.3 Å². The molecule has 1 aliphatic carbocycles. The van der Waals surface area contributed by atoms with Gasteiger partial charge in [0.1, 0.15) is 5.82 Å². The molecule has 0 heterocycles. The standard InChI is InChI=1S/C21H15F/c1-12-2-3-14-11-20-17-7-5-15(22)10-13(17)4-6-18(20)19-9-8-16(12)21(14)19/h2-7,10-11H,8-9H2,1H3. The second-order valence-electron chi connectivity index (χ2n) is 6.34. The first-order valence-corrected chi connectivity index (χ1v) is 7.78. The molecule has 1 aliphatic rings. The van der Waals surface area contributed by atoms with Crippen LogP contribution in [0, 0.1) is 12.7 Å². The van der Waals surface area contributed by atoms with Gasteiger partial charge in [0.15, 0.2) is 0 Å². The van der Waals surface area contributed by atoms with E-state index in [-0.39, 0.29) is 5.82 Å². The number of fused-ring (bicyclic) bond motifs is 4. The van der Waals surface area contributed by atoms with Crippen molar-refractivity contribution in [2.75, 3.05) is 0 Å². The van der Waals surface area contributed by atoms with Gasteiger partial charge in [-0.15, -0.1) is 0 Å². The van der Waals surface area contributed by atoms with Crippen molar-refractivity contribution in [3.05, 3.63) is 71.0 Å². The molecule has 5 rings (SSSR count). The highest BCUT2D eigenvalue weighted by Crippen LogP contribution is 2.40. The maximum Gasteiger partial charge on any atom is 0.123 e. The molecular formula is C21H15F. The van der Waals surface area contributed by atoms with Crippen LogP contribution < -0.4 is 0 Å². The molecule has 0 nitrogen and oxygen atoms in total. The highest BCUT2D eigenvalue weighted by molar-refractivity contribution is 6.15. The number of halogens is 1. The van der Waals surface area contributed by atoms with E-state index in [9.17, 15) is 4.39 Å². The van der Waals surface area contributed by atoms with Crippen molar-refractivity contribution in [3.8, 4) is 0 Å². The van der Waals surface area contributed by atoms with E-state index in [0.717, 1.165) is 23.6 Å². The Bertz CT molecular complexity index is 1090. The van der Waals surface area contributed by atoms with Crippen LogP contribution in [-0.2, 0) is 12.8 Å². The zero-order valence-corrected chi connectivity index (χ0v) is 12.4. The summed E-state index contributed by atoms with van der Waals surface area (Å²) >= 11 is 0. The second kappa shape index (κ2) is 4.07. The first-order valence-electron chi connectivity index (χ1n) is 7.78. The maximum absolute atomic E-state index is 13.5. The van der Waals surface area contributed by atoms with Gasteiger partial charge in [-0.25, -0.2) is 4.39 Å². The van der Waals surface area contributed by atoms with Crippen molar-refractivity contribution < 1.29 is 4.39 Å². The minimum absolute atomic E-state index is 0.171. The monoisotopic (exact) mass is 286 g/mol. The predicted molar refractivity (Wildman–Crippen MR) is 91.1 cm³/mol. The van der Waals surface area contributed by atoms with Gasteiger partial charge in [-0.2, -0.15) is 0 Å². The molecule has 0 spiro atoms. The molecule has 0 N–H and O–H groups in total. The molecule has 0 amide bonds. The highest BCUT2D eigenvalue weighted by Gasteiger charge is 2.19. The van der Waals surface area contributed by atoms with Crippen LogP contribution in [0.15, 0.2) is 48.5 Å². The van der Waals surface area contributed by atoms with Gasteiger partial charge < -0.3 is 0 Å². The Morgan fingerprint density at radius 1 is 0.727 bits per heavy atom. The van der Waals surface area contributed by atoms with Gasteiger partial charge in [-0.3, -0.25) is 0 Å². The number of aryl methyl sites for hydroxylation is 3. The number of hydrogen-bond acceptors (Lipinski definition) is 0. The zero-order valence-electron chi connectivity index (χ0n) is 12.4. The van der Waals surface area contributed by atoms with Gasteiger partial charge in [-0.1, -0.05) is 30.3 Å². The molecule has 0 bridgehead atoms. The van der Waals surface area contributed by atoms with Crippen LogP contribution in [0.2, 0.25) is 0 Å². The fraction of sp³-hybridized carbons (Fsp3) is 0.143. The molecule has 0 radical (unpaired) electrons. The Kier molecular flexibility index (Phi) is 2.25. The Morgan fingerprint density at radius 2 is 1.50 bits per heavy atom. The molecule has 22 heavy (non-hydrogen) atoms. The molecule has 0 fully saturated rings. The number of hydrogen-bond donors (Lipinski definition) is 0. The summed E-state index contributed by atoms with van der Waals surface area (Å²) in [5.41, 5.74) is 4.37. The van der Waals surface area contributed by atoms with Gasteiger partial charge in [0.05, 0.1) is 0 Å². The van der Waals surface area contributed by atoms with Crippen molar-refractivity contribution in [2.24, 2.45) is 0 Å². The third-order valence-electron chi connectivity index (χ3n) is 5.15. The van der Waals surface area contributed by atoms with Crippen LogP contribution in [0.4, 0.5) is 4.39 Å². The van der Waals surface area contributed by atoms with Gasteiger partial charge in [0.25, 0.3) is 0 Å². The average Bonchev–Trinajstić information content (AvgIpc) is 2.97. The minimum atomic E-state index is -0.171. The van der Waals surface area contributed by atoms with Gasteiger partial charge in [0, 0.05) is 0 Å². The molecule has 1 heteroatoms. The largest absolute Gasteiger partial charge is 0.207 e. The third-order valence-corrected chi connectivity index (χ3v) is 5.15. The first-order chi connectivity index (χ1) is 10.7. The molecule has 106 valence electrons. The molecule has 0 aliphatic heterocycles. The first kappa shape index (κ1) is 12.2. The van der Waals surface area contributed by atoms with Crippen molar-refractivity contribution in [1.82, 2.24) is 0 Å². The van der Waals surface area contributed by atoms with E-state index in [0.29, 0.717) is 0 Å². The van der Waals surface area contributed by atoms with Crippen LogP contribution in [0.1, 0.15) is 16.7 Å². The lowest BCUT2D eigenvalue weighted by Crippen LogP contribution is -1.87. The summed E-state index contributed by atoms with van der Waals surface area (Å²) in [4.78, 5) is 0. The topological polar surface area (TPSA) is 0 Å². The van der Waals surface area contributed by atoms with Crippen molar-refractivity contribution >= 4 is 32.3 Å². The molecule has 0 aromatic heterocycles. The van der Waals surface area contributed by atoms with Crippen molar-refractivity contribution in [3.63, 3.8) is 0 Å². The van der Waals surface area contributed by atoms with Gasteiger partial charge in [-0.05, 0) is 87.0 Å². The van der Waals surface area contributed by atoms with E-state index in [1.54, 1.807) is 12.1 Å². The van der Waals surface area contributed by atoms with Crippen molar-refractivity contribution in [1.29, 1.82) is 0 Å². The molecular weight excluding hydrogens is 271 g/mol. The third kappa shape index (κ3) is 1.46. The van der Waals surface area contributed by atoms with Crippen LogP contribution in [-0.4, -0.2) is 0 Å². The summed E-state index contributed by atoms with van der Waals surface area (Å²) in [6, 6.07) is 16.1. The van der Waals surface area contributed by atoms with Gasteiger partial charge in [0.2, 0.25) is 0 Å². The Morgan fingerprint density at radius 3 is 2.41 bits per heavy atom. The smallest absolute Gasteiger partial charge is 0.123 e. The molecule has 0 atom stereocenters. The predicted octanol–water partition coefficient (Wildman–Crippen LogP) is 5.69. The fourth-order valence-corrected chi connectivity index (χ4v) is 4.11. The molecule has 0 unspecified atom stereocenters. The van der Waals surface area contributed by atoms with Crippen LogP contribution in [0.3, 0.4) is 0 Å². The molecule has 0 saturated carbocycles. The SMILES string of the molecule is Cc1ccc2cc3c(ccc4cc(F)ccc43)c3c2c1CC3. The highest BCUT2D eigenvalue weighted by atomic mass is 19.1. The van der Waals surface area contributed by atoms with E-state index in [1.807, 2.05) is 6.07 Å². The van der Waals surface area contributed by atoms with Crippen molar-refractivity contribution in [2.45, 2.75) is 19.8 Å². The molecule has 4 aromatic carbocycles. The molecule has 4 aromatic rings. The average molecular weight is 286 g/mol. The lowest BCUT2D eigenvalue weighted by atomic mass is 9.93. The summed E-state index contributed by atoms with van der Waals surface area (Å²) in [5, 5.41) is 7.47. The fourth-order valence-electron chi connectivity index (χ4n) is 4.11. The summed E-state index contributed by atoms with van der Waals surface area (Å²) < 4.78 is 13.5. The Labute approximate surface area is 128 Å². The number of rotatable bonds is 0. The normalized spacial score (nSPS) is 13.5. The van der Waals surface area contributed by atoms with Crippen LogP contribution in [0.25, 0.3) is 32.3 Å². The zero-order chi connectivity index (χ0) is 14.8. The summed E-state index contributed by atoms with van der Waals surface area (Å²) in [7, 11) is 0. The Balaban J connectivity index is 2.04.